The minimum atomic E-state index is -4.09. The summed E-state index contributed by atoms with van der Waals surface area (Å²) in [5.41, 5.74) is 1.80. The van der Waals surface area contributed by atoms with E-state index in [0.29, 0.717) is 5.76 Å². The van der Waals surface area contributed by atoms with Crippen molar-refractivity contribution in [3.63, 3.8) is 0 Å². The fourth-order valence-corrected chi connectivity index (χ4v) is 2.91. The molecule has 0 atom stereocenters. The molecule has 0 aliphatic carbocycles. The number of carbonyl (C=O) groups excluding carboxylic acids is 2. The molecule has 8 nitrogen and oxygen atoms in total. The van der Waals surface area contributed by atoms with Crippen LogP contribution in [0.2, 0.25) is 5.02 Å². The van der Waals surface area contributed by atoms with E-state index in [1.165, 1.54) is 24.5 Å². The zero-order valence-corrected chi connectivity index (χ0v) is 13.1. The SMILES string of the molecule is O=C(NCc1ccco1)C(=O)NNS(=O)(=O)c1ccccc1Cl. The molecule has 2 aromatic rings. The van der Waals surface area contributed by atoms with Crippen LogP contribution in [0.5, 0.6) is 0 Å². The number of carbonyl (C=O) groups is 2. The number of halogens is 1. The molecule has 0 unspecified atom stereocenters. The first kappa shape index (κ1) is 17.0. The lowest BCUT2D eigenvalue weighted by atomic mass is 10.4. The van der Waals surface area contributed by atoms with Crippen molar-refractivity contribution >= 4 is 33.4 Å². The maximum absolute atomic E-state index is 12.0. The van der Waals surface area contributed by atoms with Gasteiger partial charge in [0.05, 0.1) is 17.8 Å². The smallest absolute Gasteiger partial charge is 0.324 e. The maximum atomic E-state index is 12.0. The Morgan fingerprint density at radius 3 is 2.48 bits per heavy atom. The first-order valence-electron chi connectivity index (χ1n) is 6.27. The Balaban J connectivity index is 1.90. The summed E-state index contributed by atoms with van der Waals surface area (Å²) in [6.45, 7) is -0.00346. The molecule has 2 rings (SSSR count). The van der Waals surface area contributed by atoms with Crippen molar-refractivity contribution in [2.75, 3.05) is 0 Å². The molecule has 0 saturated heterocycles. The van der Waals surface area contributed by atoms with E-state index in [9.17, 15) is 18.0 Å². The monoisotopic (exact) mass is 357 g/mol. The Morgan fingerprint density at radius 1 is 1.09 bits per heavy atom. The minimum absolute atomic E-state index is 0.00346. The lowest BCUT2D eigenvalue weighted by Gasteiger charge is -2.09. The third-order valence-corrected chi connectivity index (χ3v) is 4.38. The van der Waals surface area contributed by atoms with Crippen LogP contribution in [-0.2, 0) is 26.2 Å². The Hall–Kier alpha value is -2.36. The zero-order chi connectivity index (χ0) is 16.9. The standard InChI is InChI=1S/C13H12ClN3O5S/c14-10-5-1-2-6-11(10)23(20,21)17-16-13(19)12(18)15-8-9-4-3-7-22-9/h1-7,17H,8H2,(H,15,18)(H,16,19). The molecule has 3 N–H and O–H groups in total. The molecule has 23 heavy (non-hydrogen) atoms. The van der Waals surface area contributed by atoms with Gasteiger partial charge in [-0.05, 0) is 24.3 Å². The highest BCUT2D eigenvalue weighted by Gasteiger charge is 2.20. The number of furan rings is 1. The van der Waals surface area contributed by atoms with Crippen molar-refractivity contribution in [3.05, 3.63) is 53.4 Å². The molecular weight excluding hydrogens is 346 g/mol. The van der Waals surface area contributed by atoms with Gasteiger partial charge in [-0.1, -0.05) is 23.7 Å². The summed E-state index contributed by atoms with van der Waals surface area (Å²) in [7, 11) is -4.09. The summed E-state index contributed by atoms with van der Waals surface area (Å²) in [5.74, 6) is -1.75. The van der Waals surface area contributed by atoms with Crippen molar-refractivity contribution in [1.82, 2.24) is 15.6 Å². The Bertz CT molecular complexity index is 805. The summed E-state index contributed by atoms with van der Waals surface area (Å²) in [5, 5.41) is 2.25. The van der Waals surface area contributed by atoms with E-state index < -0.39 is 21.8 Å². The Morgan fingerprint density at radius 2 is 1.83 bits per heavy atom. The predicted molar refractivity (Wildman–Crippen MR) is 80.5 cm³/mol. The number of hydrogen-bond acceptors (Lipinski definition) is 5. The van der Waals surface area contributed by atoms with E-state index in [0.717, 1.165) is 0 Å². The third-order valence-electron chi connectivity index (χ3n) is 2.63. The van der Waals surface area contributed by atoms with E-state index in [1.807, 2.05) is 0 Å². The molecule has 0 bridgehead atoms. The van der Waals surface area contributed by atoms with E-state index in [1.54, 1.807) is 28.5 Å². The van der Waals surface area contributed by atoms with Gasteiger partial charge in [0, 0.05) is 0 Å². The van der Waals surface area contributed by atoms with Crippen molar-refractivity contribution in [2.45, 2.75) is 11.4 Å². The van der Waals surface area contributed by atoms with Gasteiger partial charge in [0.15, 0.2) is 0 Å². The number of amides is 2. The van der Waals surface area contributed by atoms with Gasteiger partial charge in [0.25, 0.3) is 10.0 Å². The summed E-state index contributed by atoms with van der Waals surface area (Å²) < 4.78 is 28.9. The highest BCUT2D eigenvalue weighted by atomic mass is 35.5. The zero-order valence-electron chi connectivity index (χ0n) is 11.6. The molecule has 0 fully saturated rings. The number of hydrogen-bond donors (Lipinski definition) is 3. The van der Waals surface area contributed by atoms with Crippen LogP contribution in [0.1, 0.15) is 5.76 Å². The van der Waals surface area contributed by atoms with Crippen LogP contribution in [-0.4, -0.2) is 20.2 Å². The summed E-state index contributed by atoms with van der Waals surface area (Å²) in [6.07, 6.45) is 1.42. The molecule has 0 radical (unpaired) electrons. The predicted octanol–water partition coefficient (Wildman–Crippen LogP) is 0.559. The molecule has 1 aromatic heterocycles. The quantitative estimate of drug-likeness (QED) is 0.534. The van der Waals surface area contributed by atoms with Gasteiger partial charge in [0.1, 0.15) is 10.7 Å². The first-order chi connectivity index (χ1) is 10.9. The third kappa shape index (κ3) is 4.55. The molecule has 2 amide bonds. The Kier molecular flexibility index (Phi) is 5.37. The number of sulfonamides is 1. The van der Waals surface area contributed by atoms with Crippen molar-refractivity contribution in [1.29, 1.82) is 0 Å². The number of benzene rings is 1. The van der Waals surface area contributed by atoms with Crippen LogP contribution in [0.3, 0.4) is 0 Å². The van der Waals surface area contributed by atoms with Gasteiger partial charge >= 0.3 is 11.8 Å². The highest BCUT2D eigenvalue weighted by molar-refractivity contribution is 7.89. The second kappa shape index (κ2) is 7.27. The summed E-state index contributed by atoms with van der Waals surface area (Å²) in [6, 6.07) is 8.90. The van der Waals surface area contributed by atoms with Crippen LogP contribution in [0, 0.1) is 0 Å². The lowest BCUT2D eigenvalue weighted by molar-refractivity contribution is -0.139. The lowest BCUT2D eigenvalue weighted by Crippen LogP contribution is -2.48. The first-order valence-corrected chi connectivity index (χ1v) is 8.13. The van der Waals surface area contributed by atoms with Crippen LogP contribution >= 0.6 is 11.6 Å². The van der Waals surface area contributed by atoms with Gasteiger partial charge in [-0.3, -0.25) is 15.0 Å². The largest absolute Gasteiger partial charge is 0.467 e. The van der Waals surface area contributed by atoms with Crippen LogP contribution < -0.4 is 15.6 Å². The van der Waals surface area contributed by atoms with Gasteiger partial charge in [0.2, 0.25) is 0 Å². The van der Waals surface area contributed by atoms with Crippen LogP contribution in [0.25, 0.3) is 0 Å². The van der Waals surface area contributed by atoms with Crippen molar-refractivity contribution in [3.8, 4) is 0 Å². The average molecular weight is 358 g/mol. The van der Waals surface area contributed by atoms with Gasteiger partial charge in [-0.25, -0.2) is 8.42 Å². The van der Waals surface area contributed by atoms with Crippen molar-refractivity contribution < 1.29 is 22.4 Å². The molecule has 122 valence electrons. The van der Waals surface area contributed by atoms with Gasteiger partial charge in [-0.2, -0.15) is 0 Å². The van der Waals surface area contributed by atoms with Gasteiger partial charge in [-0.15, -0.1) is 4.83 Å². The van der Waals surface area contributed by atoms with Crippen molar-refractivity contribution in [2.24, 2.45) is 0 Å². The topological polar surface area (TPSA) is 118 Å². The molecular formula is C13H12ClN3O5S. The normalized spacial score (nSPS) is 11.0. The molecule has 0 aliphatic rings. The maximum Gasteiger partial charge on any atom is 0.324 e. The summed E-state index contributed by atoms with van der Waals surface area (Å²) >= 11 is 5.77. The van der Waals surface area contributed by atoms with E-state index in [4.69, 9.17) is 16.0 Å². The molecule has 0 saturated carbocycles. The fraction of sp³-hybridized carbons (Fsp3) is 0.0769. The molecule has 1 heterocycles. The Labute approximate surface area is 136 Å². The van der Waals surface area contributed by atoms with E-state index in [2.05, 4.69) is 5.32 Å². The molecule has 1 aromatic carbocycles. The summed E-state index contributed by atoms with van der Waals surface area (Å²) in [4.78, 5) is 24.7. The van der Waals surface area contributed by atoms with E-state index >= 15 is 0 Å². The highest BCUT2D eigenvalue weighted by Crippen LogP contribution is 2.19. The van der Waals surface area contributed by atoms with Crippen LogP contribution in [0.4, 0.5) is 0 Å². The fourth-order valence-electron chi connectivity index (χ4n) is 1.55. The van der Waals surface area contributed by atoms with Gasteiger partial charge < -0.3 is 9.73 Å². The second-order valence-corrected chi connectivity index (χ2v) is 6.31. The molecule has 10 heteroatoms. The number of rotatable bonds is 5. The molecule has 0 aliphatic heterocycles. The number of nitrogens with one attached hydrogen (secondary N) is 3. The number of hydrazine groups is 1. The van der Waals surface area contributed by atoms with E-state index in [-0.39, 0.29) is 16.5 Å². The molecule has 0 spiro atoms. The minimum Gasteiger partial charge on any atom is -0.467 e. The average Bonchev–Trinajstić information content (AvgIpc) is 3.04. The van der Waals surface area contributed by atoms with Crippen LogP contribution in [0.15, 0.2) is 52.0 Å². The second-order valence-electron chi connectivity index (χ2n) is 4.25.